The molecule has 0 spiro atoms. The monoisotopic (exact) mass is 1020 g/mol. The van der Waals surface area contributed by atoms with Gasteiger partial charge in [0.1, 0.15) is 13.2 Å². The maximum atomic E-state index is 12.8. The van der Waals surface area contributed by atoms with Crippen LogP contribution in [-0.4, -0.2) is 37.2 Å². The van der Waals surface area contributed by atoms with Crippen molar-refractivity contribution in [3.05, 3.63) is 146 Å². The molecule has 0 aliphatic carbocycles. The molecule has 0 saturated carbocycles. The van der Waals surface area contributed by atoms with Gasteiger partial charge >= 0.3 is 17.9 Å². The standard InChI is InChI=1S/C68H108O6/c1-4-7-10-13-16-19-22-24-26-28-30-31-32-33-34-35-36-37-39-40-42-44-46-49-52-55-58-61-67(70)73-64-65(63-72-66(69)60-57-54-51-48-21-18-15-12-9-6-3)74-68(71)62-59-56-53-50-47-45-43-41-38-29-27-25-23-20-17-14-11-8-5-2/h7-8,10-11,16-17,19-20,24-27,30-31,33-34,36-38,41,45,47,53,56,65H,4-6,9,12-15,18,21-23,28-29,32,35,39-40,42-44,46,48-52,54-55,57-64H2,1-3H3/b10-7-,11-8-,19-16-,20-17-,26-24-,27-25-,31-30-,34-33-,37-36-,41-38-,47-45-,56-53-. The first-order valence-electron chi connectivity index (χ1n) is 29.8. The van der Waals surface area contributed by atoms with Crippen molar-refractivity contribution in [2.45, 2.75) is 252 Å². The average Bonchev–Trinajstić information content (AvgIpc) is 3.40. The Hall–Kier alpha value is -4.71. The van der Waals surface area contributed by atoms with Crippen LogP contribution in [0.2, 0.25) is 0 Å². The lowest BCUT2D eigenvalue weighted by Crippen LogP contribution is -2.30. The van der Waals surface area contributed by atoms with Crippen LogP contribution in [0.3, 0.4) is 0 Å². The second-order valence-corrected chi connectivity index (χ2v) is 19.1. The molecule has 74 heavy (non-hydrogen) atoms. The number of ether oxygens (including phenoxy) is 3. The van der Waals surface area contributed by atoms with E-state index in [-0.39, 0.29) is 31.6 Å². The highest BCUT2D eigenvalue weighted by Crippen LogP contribution is 2.14. The Kier molecular flexibility index (Phi) is 57.0. The molecule has 0 radical (unpaired) electrons. The molecule has 1 unspecified atom stereocenters. The summed E-state index contributed by atoms with van der Waals surface area (Å²) in [6.07, 6.45) is 87.2. The molecule has 0 aromatic heterocycles. The maximum absolute atomic E-state index is 12.8. The van der Waals surface area contributed by atoms with E-state index in [0.717, 1.165) is 122 Å². The predicted molar refractivity (Wildman–Crippen MR) is 320 cm³/mol. The van der Waals surface area contributed by atoms with E-state index in [0.29, 0.717) is 19.3 Å². The number of unbranched alkanes of at least 4 members (excludes halogenated alkanes) is 17. The average molecular weight is 1020 g/mol. The van der Waals surface area contributed by atoms with Crippen LogP contribution >= 0.6 is 0 Å². The van der Waals surface area contributed by atoms with Crippen molar-refractivity contribution in [2.24, 2.45) is 0 Å². The van der Waals surface area contributed by atoms with Crippen LogP contribution in [0.15, 0.2) is 146 Å². The lowest BCUT2D eigenvalue weighted by atomic mass is 10.1. The molecule has 6 nitrogen and oxygen atoms in total. The summed E-state index contributed by atoms with van der Waals surface area (Å²) in [5.74, 6) is -1.01. The summed E-state index contributed by atoms with van der Waals surface area (Å²) in [5, 5.41) is 0. The van der Waals surface area contributed by atoms with Gasteiger partial charge in [0.05, 0.1) is 0 Å². The summed E-state index contributed by atoms with van der Waals surface area (Å²) in [7, 11) is 0. The highest BCUT2D eigenvalue weighted by Gasteiger charge is 2.19. The van der Waals surface area contributed by atoms with Crippen LogP contribution in [0.4, 0.5) is 0 Å². The van der Waals surface area contributed by atoms with Crippen molar-refractivity contribution in [3.8, 4) is 0 Å². The van der Waals surface area contributed by atoms with Gasteiger partial charge in [0.2, 0.25) is 0 Å². The first-order chi connectivity index (χ1) is 36.5. The molecule has 0 bridgehead atoms. The Morgan fingerprint density at radius 1 is 0.284 bits per heavy atom. The Labute approximate surface area is 455 Å². The van der Waals surface area contributed by atoms with Crippen molar-refractivity contribution in [3.63, 3.8) is 0 Å². The van der Waals surface area contributed by atoms with Gasteiger partial charge in [0.15, 0.2) is 6.10 Å². The number of carbonyl (C=O) groups is 3. The quantitative estimate of drug-likeness (QED) is 0.0261. The fourth-order valence-electron chi connectivity index (χ4n) is 7.71. The van der Waals surface area contributed by atoms with E-state index in [4.69, 9.17) is 14.2 Å². The van der Waals surface area contributed by atoms with Gasteiger partial charge in [0.25, 0.3) is 0 Å². The molecule has 0 aromatic carbocycles. The summed E-state index contributed by atoms with van der Waals surface area (Å²) in [6.45, 7) is 6.32. The molecule has 0 heterocycles. The summed E-state index contributed by atoms with van der Waals surface area (Å²) < 4.78 is 16.8. The zero-order valence-corrected chi connectivity index (χ0v) is 47.5. The third-order valence-corrected chi connectivity index (χ3v) is 12.1. The number of esters is 3. The SMILES string of the molecule is CC/C=C\C/C=C\C/C=C\C/C=C\C/C=C\C/C=C\CCCCCCCCCCC(=O)OCC(COC(=O)CCCCCCCCCCCC)OC(=O)CC/C=C\C/C=C\C/C=C\C/C=C\C/C=C\C/C=C\CC. The third kappa shape index (κ3) is 58.2. The van der Waals surface area contributed by atoms with Crippen LogP contribution in [0, 0.1) is 0 Å². The normalized spacial score (nSPS) is 13.2. The van der Waals surface area contributed by atoms with Crippen LogP contribution in [0.5, 0.6) is 0 Å². The Bertz CT molecular complexity index is 1640. The van der Waals surface area contributed by atoms with Crippen molar-refractivity contribution in [2.75, 3.05) is 13.2 Å². The Balaban J connectivity index is 4.40. The van der Waals surface area contributed by atoms with E-state index < -0.39 is 12.1 Å². The fourth-order valence-corrected chi connectivity index (χ4v) is 7.71. The van der Waals surface area contributed by atoms with Crippen LogP contribution in [0.25, 0.3) is 0 Å². The van der Waals surface area contributed by atoms with Crippen LogP contribution in [0.1, 0.15) is 245 Å². The number of hydrogen-bond acceptors (Lipinski definition) is 6. The van der Waals surface area contributed by atoms with Crippen molar-refractivity contribution < 1.29 is 28.6 Å². The van der Waals surface area contributed by atoms with E-state index in [9.17, 15) is 14.4 Å². The van der Waals surface area contributed by atoms with Gasteiger partial charge in [-0.3, -0.25) is 14.4 Å². The largest absolute Gasteiger partial charge is 0.462 e. The third-order valence-electron chi connectivity index (χ3n) is 12.1. The summed E-state index contributed by atoms with van der Waals surface area (Å²) in [6, 6.07) is 0. The minimum atomic E-state index is -0.826. The molecule has 0 amide bonds. The van der Waals surface area contributed by atoms with Crippen LogP contribution < -0.4 is 0 Å². The molecule has 0 N–H and O–H groups in total. The number of carbonyl (C=O) groups excluding carboxylic acids is 3. The minimum absolute atomic E-state index is 0.114. The van der Waals surface area contributed by atoms with E-state index in [1.807, 2.05) is 12.2 Å². The first-order valence-corrected chi connectivity index (χ1v) is 29.8. The summed E-state index contributed by atoms with van der Waals surface area (Å²) in [5.41, 5.74) is 0. The molecule has 416 valence electrons. The molecule has 0 rings (SSSR count). The van der Waals surface area contributed by atoms with Gasteiger partial charge < -0.3 is 14.2 Å². The van der Waals surface area contributed by atoms with Crippen molar-refractivity contribution in [1.82, 2.24) is 0 Å². The lowest BCUT2D eigenvalue weighted by Gasteiger charge is -2.18. The minimum Gasteiger partial charge on any atom is -0.462 e. The molecule has 0 aliphatic heterocycles. The molecule has 0 aromatic rings. The summed E-state index contributed by atoms with van der Waals surface area (Å²) in [4.78, 5) is 38.1. The van der Waals surface area contributed by atoms with Crippen LogP contribution in [-0.2, 0) is 28.6 Å². The zero-order chi connectivity index (χ0) is 53.6. The van der Waals surface area contributed by atoms with Gasteiger partial charge in [-0.1, -0.05) is 263 Å². The molecule has 0 saturated heterocycles. The van der Waals surface area contributed by atoms with Gasteiger partial charge in [-0.25, -0.2) is 0 Å². The maximum Gasteiger partial charge on any atom is 0.306 e. The van der Waals surface area contributed by atoms with Crippen molar-refractivity contribution in [1.29, 1.82) is 0 Å². The molecule has 0 aliphatic rings. The highest BCUT2D eigenvalue weighted by atomic mass is 16.6. The first kappa shape index (κ1) is 69.3. The van der Waals surface area contributed by atoms with Gasteiger partial charge in [-0.15, -0.1) is 0 Å². The Morgan fingerprint density at radius 2 is 0.554 bits per heavy atom. The number of hydrogen-bond donors (Lipinski definition) is 0. The summed E-state index contributed by atoms with van der Waals surface area (Å²) >= 11 is 0. The van der Waals surface area contributed by atoms with Gasteiger partial charge in [-0.2, -0.15) is 0 Å². The van der Waals surface area contributed by atoms with E-state index in [1.54, 1.807) is 0 Å². The van der Waals surface area contributed by atoms with Gasteiger partial charge in [0, 0.05) is 19.3 Å². The van der Waals surface area contributed by atoms with E-state index in [2.05, 4.69) is 154 Å². The topological polar surface area (TPSA) is 78.9 Å². The predicted octanol–water partition coefficient (Wildman–Crippen LogP) is 20.4. The molecule has 6 heteroatoms. The smallest absolute Gasteiger partial charge is 0.306 e. The fraction of sp³-hybridized carbons (Fsp3) is 0.603. The second kappa shape index (κ2) is 60.8. The number of rotatable bonds is 52. The van der Waals surface area contributed by atoms with E-state index >= 15 is 0 Å². The molecule has 0 fully saturated rings. The molecular weight excluding hydrogens is 913 g/mol. The van der Waals surface area contributed by atoms with Gasteiger partial charge in [-0.05, 0) is 109 Å². The molecule has 1 atom stereocenters. The van der Waals surface area contributed by atoms with E-state index in [1.165, 1.54) is 77.0 Å². The molecular formula is C68H108O6. The second-order valence-electron chi connectivity index (χ2n) is 19.1. The number of allylic oxidation sites excluding steroid dienone is 24. The lowest BCUT2D eigenvalue weighted by molar-refractivity contribution is -0.166. The Morgan fingerprint density at radius 3 is 0.878 bits per heavy atom. The van der Waals surface area contributed by atoms with Crippen molar-refractivity contribution >= 4 is 17.9 Å². The highest BCUT2D eigenvalue weighted by molar-refractivity contribution is 5.71. The zero-order valence-electron chi connectivity index (χ0n) is 47.5.